The summed E-state index contributed by atoms with van der Waals surface area (Å²) in [6.45, 7) is 1.57. The maximum Gasteiger partial charge on any atom is 0.295 e. The Labute approximate surface area is 117 Å². The molecule has 0 spiro atoms. The second kappa shape index (κ2) is 5.88. The number of carbonyl (C=O) groups is 1. The second-order valence-electron chi connectivity index (χ2n) is 5.44. The van der Waals surface area contributed by atoms with E-state index in [0.29, 0.717) is 12.4 Å². The molecule has 2 fully saturated rings. The van der Waals surface area contributed by atoms with Crippen LogP contribution in [0.15, 0.2) is 4.52 Å². The molecular weight excluding hydrogens is 260 g/mol. The second-order valence-corrected chi connectivity index (χ2v) is 5.44. The third kappa shape index (κ3) is 2.55. The zero-order valence-corrected chi connectivity index (χ0v) is 11.4. The Kier molecular flexibility index (Phi) is 3.98. The fourth-order valence-electron chi connectivity index (χ4n) is 2.95. The minimum absolute atomic E-state index is 0.0133. The largest absolute Gasteiger partial charge is 0.394 e. The van der Waals surface area contributed by atoms with E-state index in [-0.39, 0.29) is 30.4 Å². The maximum absolute atomic E-state index is 12.4. The van der Waals surface area contributed by atoms with E-state index in [1.165, 1.54) is 0 Å². The van der Waals surface area contributed by atoms with Gasteiger partial charge in [0.1, 0.15) is 0 Å². The molecule has 2 aliphatic rings. The van der Waals surface area contributed by atoms with Gasteiger partial charge in [0.05, 0.1) is 18.7 Å². The van der Waals surface area contributed by atoms with Crippen LogP contribution in [0, 0.1) is 0 Å². The van der Waals surface area contributed by atoms with Gasteiger partial charge in [-0.15, -0.1) is 0 Å². The van der Waals surface area contributed by atoms with Gasteiger partial charge >= 0.3 is 0 Å². The van der Waals surface area contributed by atoms with E-state index in [9.17, 15) is 9.90 Å². The first-order valence-electron chi connectivity index (χ1n) is 7.28. The van der Waals surface area contributed by atoms with Gasteiger partial charge in [-0.05, 0) is 38.6 Å². The van der Waals surface area contributed by atoms with Gasteiger partial charge in [-0.1, -0.05) is 5.16 Å². The van der Waals surface area contributed by atoms with Gasteiger partial charge < -0.3 is 19.8 Å². The van der Waals surface area contributed by atoms with Gasteiger partial charge in [0.2, 0.25) is 5.89 Å². The van der Waals surface area contributed by atoms with Crippen LogP contribution in [0.25, 0.3) is 0 Å². The molecule has 3 heterocycles. The number of aromatic nitrogens is 2. The van der Waals surface area contributed by atoms with E-state index in [1.807, 2.05) is 0 Å². The zero-order valence-electron chi connectivity index (χ0n) is 11.4. The van der Waals surface area contributed by atoms with Crippen LogP contribution in [0.4, 0.5) is 0 Å². The summed E-state index contributed by atoms with van der Waals surface area (Å²) in [7, 11) is 0. The highest BCUT2D eigenvalue weighted by Gasteiger charge is 2.31. The first-order valence-corrected chi connectivity index (χ1v) is 7.28. The molecule has 1 aromatic heterocycles. The van der Waals surface area contributed by atoms with Gasteiger partial charge in [-0.2, -0.15) is 4.98 Å². The topological polar surface area (TPSA) is 91.5 Å². The number of hydrogen-bond acceptors (Lipinski definition) is 6. The fraction of sp³-hybridized carbons (Fsp3) is 0.769. The molecule has 7 heteroatoms. The van der Waals surface area contributed by atoms with Crippen molar-refractivity contribution >= 4 is 5.91 Å². The Morgan fingerprint density at radius 1 is 1.40 bits per heavy atom. The van der Waals surface area contributed by atoms with Gasteiger partial charge in [0.25, 0.3) is 11.7 Å². The van der Waals surface area contributed by atoms with Crippen molar-refractivity contribution in [2.75, 3.05) is 19.7 Å². The maximum atomic E-state index is 12.4. The van der Waals surface area contributed by atoms with Crippen molar-refractivity contribution in [3.05, 3.63) is 11.7 Å². The van der Waals surface area contributed by atoms with Crippen molar-refractivity contribution in [1.82, 2.24) is 20.4 Å². The molecule has 0 radical (unpaired) electrons. The molecule has 110 valence electrons. The van der Waals surface area contributed by atoms with E-state index >= 15 is 0 Å². The predicted molar refractivity (Wildman–Crippen MR) is 70.0 cm³/mol. The smallest absolute Gasteiger partial charge is 0.295 e. The fourth-order valence-corrected chi connectivity index (χ4v) is 2.95. The minimum Gasteiger partial charge on any atom is -0.394 e. The molecule has 2 saturated heterocycles. The summed E-state index contributed by atoms with van der Waals surface area (Å²) in [5.74, 6) is 0.356. The minimum atomic E-state index is -0.239. The van der Waals surface area contributed by atoms with Gasteiger partial charge in [0.15, 0.2) is 0 Å². The third-order valence-corrected chi connectivity index (χ3v) is 4.09. The number of carbonyl (C=O) groups excluding carboxylic acids is 1. The number of nitrogens with zero attached hydrogens (tertiary/aromatic N) is 3. The Bertz CT molecular complexity index is 470. The van der Waals surface area contributed by atoms with Crippen LogP contribution >= 0.6 is 0 Å². The van der Waals surface area contributed by atoms with Crippen molar-refractivity contribution in [1.29, 1.82) is 0 Å². The summed E-state index contributed by atoms with van der Waals surface area (Å²) >= 11 is 0. The molecule has 1 amide bonds. The van der Waals surface area contributed by atoms with Crippen molar-refractivity contribution in [3.63, 3.8) is 0 Å². The monoisotopic (exact) mass is 280 g/mol. The molecule has 0 aliphatic carbocycles. The molecule has 20 heavy (non-hydrogen) atoms. The van der Waals surface area contributed by atoms with Crippen LogP contribution in [0.2, 0.25) is 0 Å². The Morgan fingerprint density at radius 3 is 3.05 bits per heavy atom. The summed E-state index contributed by atoms with van der Waals surface area (Å²) in [4.78, 5) is 18.3. The molecule has 0 aromatic carbocycles. The number of amides is 1. The number of nitrogens with one attached hydrogen (secondary N) is 1. The van der Waals surface area contributed by atoms with Crippen molar-refractivity contribution in [3.8, 4) is 0 Å². The number of piperidine rings is 1. The lowest BCUT2D eigenvalue weighted by Gasteiger charge is -2.33. The van der Waals surface area contributed by atoms with Crippen LogP contribution in [-0.2, 0) is 0 Å². The van der Waals surface area contributed by atoms with Crippen molar-refractivity contribution < 1.29 is 14.4 Å². The number of hydrogen-bond donors (Lipinski definition) is 2. The normalized spacial score (nSPS) is 26.9. The molecular formula is C13H20N4O3. The molecule has 2 N–H and O–H groups in total. The summed E-state index contributed by atoms with van der Waals surface area (Å²) in [5.41, 5.74) is 0. The number of aliphatic hydroxyl groups excluding tert-OH is 1. The lowest BCUT2D eigenvalue weighted by molar-refractivity contribution is 0.0488. The molecule has 0 saturated carbocycles. The summed E-state index contributed by atoms with van der Waals surface area (Å²) < 4.78 is 5.20. The van der Waals surface area contributed by atoms with Gasteiger partial charge in [-0.25, -0.2) is 0 Å². The first-order chi connectivity index (χ1) is 9.79. The highest BCUT2D eigenvalue weighted by molar-refractivity contribution is 5.90. The van der Waals surface area contributed by atoms with Crippen LogP contribution in [-0.4, -0.2) is 51.8 Å². The van der Waals surface area contributed by atoms with Crippen molar-refractivity contribution in [2.24, 2.45) is 0 Å². The van der Waals surface area contributed by atoms with Crippen LogP contribution in [0.5, 0.6) is 0 Å². The Hall–Kier alpha value is -1.47. The molecule has 2 atom stereocenters. The Balaban J connectivity index is 1.72. The lowest BCUT2D eigenvalue weighted by Crippen LogP contribution is -2.46. The first kappa shape index (κ1) is 13.5. The SMILES string of the molecule is O=C(c1noc(C2CCCN2)n1)N1CCCCC1CO. The molecule has 0 bridgehead atoms. The molecule has 1 aromatic rings. The van der Waals surface area contributed by atoms with E-state index < -0.39 is 0 Å². The quantitative estimate of drug-likeness (QED) is 0.837. The van der Waals surface area contributed by atoms with Crippen LogP contribution < -0.4 is 5.32 Å². The number of likely N-dealkylation sites (tertiary alicyclic amines) is 1. The third-order valence-electron chi connectivity index (χ3n) is 4.09. The van der Waals surface area contributed by atoms with Gasteiger partial charge in [-0.3, -0.25) is 4.79 Å². The predicted octanol–water partition coefficient (Wildman–Crippen LogP) is 0.481. The number of aliphatic hydroxyl groups is 1. The molecule has 2 unspecified atom stereocenters. The summed E-state index contributed by atoms with van der Waals surface area (Å²) in [6, 6.07) is -0.0538. The molecule has 3 rings (SSSR count). The highest BCUT2D eigenvalue weighted by atomic mass is 16.5. The highest BCUT2D eigenvalue weighted by Crippen LogP contribution is 2.23. The number of rotatable bonds is 3. The lowest BCUT2D eigenvalue weighted by atomic mass is 10.0. The van der Waals surface area contributed by atoms with E-state index in [1.54, 1.807) is 4.90 Å². The molecule has 7 nitrogen and oxygen atoms in total. The van der Waals surface area contributed by atoms with Crippen LogP contribution in [0.1, 0.15) is 54.7 Å². The van der Waals surface area contributed by atoms with Crippen LogP contribution in [0.3, 0.4) is 0 Å². The van der Waals surface area contributed by atoms with Gasteiger partial charge in [0, 0.05) is 6.54 Å². The van der Waals surface area contributed by atoms with E-state index in [2.05, 4.69) is 15.5 Å². The molecule has 2 aliphatic heterocycles. The Morgan fingerprint density at radius 2 is 2.30 bits per heavy atom. The van der Waals surface area contributed by atoms with E-state index in [4.69, 9.17) is 4.52 Å². The van der Waals surface area contributed by atoms with Crippen molar-refractivity contribution in [2.45, 2.75) is 44.2 Å². The summed E-state index contributed by atoms with van der Waals surface area (Å²) in [6.07, 6.45) is 4.86. The van der Waals surface area contributed by atoms with E-state index in [0.717, 1.165) is 38.6 Å². The zero-order chi connectivity index (χ0) is 13.9. The standard InChI is InChI=1S/C13H20N4O3/c18-8-9-4-1-2-7-17(9)13(19)11-15-12(20-16-11)10-5-3-6-14-10/h9-10,14,18H,1-8H2. The summed E-state index contributed by atoms with van der Waals surface area (Å²) in [5, 5.41) is 16.4. The average Bonchev–Trinajstić information content (AvgIpc) is 3.16. The average molecular weight is 280 g/mol.